The largest absolute Gasteiger partial charge is 0.507 e. The number of fused-ring (bicyclic) bond motifs is 1. The lowest BCUT2D eigenvalue weighted by atomic mass is 9.88. The number of para-hydroxylation sites is 1. The Labute approximate surface area is 149 Å². The van der Waals surface area contributed by atoms with Crippen LogP contribution in [0, 0.1) is 0 Å². The molecular formula is C20H17ClO4. The highest BCUT2D eigenvalue weighted by Gasteiger charge is 2.24. The fourth-order valence-corrected chi connectivity index (χ4v) is 3.29. The first-order chi connectivity index (χ1) is 12.0. The van der Waals surface area contributed by atoms with Crippen molar-refractivity contribution in [1.29, 1.82) is 0 Å². The van der Waals surface area contributed by atoms with Crippen LogP contribution in [-0.2, 0) is 11.2 Å². The molecule has 1 unspecified atom stereocenters. The highest BCUT2D eigenvalue weighted by molar-refractivity contribution is 6.30. The van der Waals surface area contributed by atoms with Gasteiger partial charge in [0.15, 0.2) is 0 Å². The van der Waals surface area contributed by atoms with E-state index in [0.717, 1.165) is 5.56 Å². The lowest BCUT2D eigenvalue weighted by Crippen LogP contribution is -2.17. The fraction of sp³-hybridized carbons (Fsp3) is 0.200. The van der Waals surface area contributed by atoms with Gasteiger partial charge >= 0.3 is 5.63 Å². The standard InChI is InChI=1S/C20H17ClO4/c1-12(22)9-14(10-13-5-4-6-15(21)11-13)18-19(23)16-7-2-3-8-17(16)25-20(18)24/h2-8,11,14,23H,9-10H2,1H3. The Bertz CT molecular complexity index is 990. The van der Waals surface area contributed by atoms with Crippen LogP contribution < -0.4 is 5.63 Å². The van der Waals surface area contributed by atoms with E-state index in [9.17, 15) is 14.7 Å². The molecule has 0 aliphatic heterocycles. The molecule has 0 amide bonds. The molecule has 1 heterocycles. The molecule has 1 atom stereocenters. The Hall–Kier alpha value is -2.59. The predicted molar refractivity (Wildman–Crippen MR) is 97.3 cm³/mol. The molecule has 2 aromatic carbocycles. The Balaban J connectivity index is 2.11. The van der Waals surface area contributed by atoms with E-state index in [1.165, 1.54) is 6.92 Å². The van der Waals surface area contributed by atoms with Gasteiger partial charge in [0.25, 0.3) is 0 Å². The van der Waals surface area contributed by atoms with Crippen LogP contribution in [0.5, 0.6) is 5.75 Å². The van der Waals surface area contributed by atoms with Gasteiger partial charge in [-0.15, -0.1) is 0 Å². The molecule has 0 radical (unpaired) electrons. The van der Waals surface area contributed by atoms with Crippen molar-refractivity contribution in [2.75, 3.05) is 0 Å². The number of carbonyl (C=O) groups is 1. The molecule has 0 saturated heterocycles. The molecule has 0 aliphatic rings. The molecule has 0 aliphatic carbocycles. The fourth-order valence-electron chi connectivity index (χ4n) is 3.08. The number of benzene rings is 2. The average molecular weight is 357 g/mol. The van der Waals surface area contributed by atoms with Gasteiger partial charge in [-0.3, -0.25) is 0 Å². The molecule has 0 fully saturated rings. The zero-order valence-corrected chi connectivity index (χ0v) is 14.4. The van der Waals surface area contributed by atoms with Crippen LogP contribution in [0.15, 0.2) is 57.7 Å². The first-order valence-corrected chi connectivity index (χ1v) is 8.32. The lowest BCUT2D eigenvalue weighted by molar-refractivity contribution is -0.117. The first kappa shape index (κ1) is 17.2. The summed E-state index contributed by atoms with van der Waals surface area (Å²) in [5, 5.41) is 11.7. The van der Waals surface area contributed by atoms with Gasteiger partial charge in [-0.2, -0.15) is 0 Å². The number of aromatic hydroxyl groups is 1. The molecule has 3 rings (SSSR count). The normalized spacial score (nSPS) is 12.2. The van der Waals surface area contributed by atoms with Crippen LogP contribution in [0.3, 0.4) is 0 Å². The third kappa shape index (κ3) is 3.74. The summed E-state index contributed by atoms with van der Waals surface area (Å²) in [7, 11) is 0. The molecule has 1 N–H and O–H groups in total. The summed E-state index contributed by atoms with van der Waals surface area (Å²) in [6, 6.07) is 14.0. The lowest BCUT2D eigenvalue weighted by Gasteiger charge is -2.17. The van der Waals surface area contributed by atoms with Crippen molar-refractivity contribution in [3.63, 3.8) is 0 Å². The third-order valence-corrected chi connectivity index (χ3v) is 4.37. The highest BCUT2D eigenvalue weighted by atomic mass is 35.5. The van der Waals surface area contributed by atoms with E-state index in [2.05, 4.69) is 0 Å². The van der Waals surface area contributed by atoms with Crippen LogP contribution >= 0.6 is 11.6 Å². The van der Waals surface area contributed by atoms with Crippen molar-refractivity contribution in [2.24, 2.45) is 0 Å². The minimum atomic E-state index is -0.621. The molecule has 25 heavy (non-hydrogen) atoms. The number of halogens is 1. The maximum atomic E-state index is 12.5. The van der Waals surface area contributed by atoms with Crippen molar-refractivity contribution in [1.82, 2.24) is 0 Å². The van der Waals surface area contributed by atoms with Gasteiger partial charge in [0, 0.05) is 17.4 Å². The second-order valence-corrected chi connectivity index (χ2v) is 6.52. The van der Waals surface area contributed by atoms with Crippen molar-refractivity contribution >= 4 is 28.4 Å². The van der Waals surface area contributed by atoms with Gasteiger partial charge < -0.3 is 14.3 Å². The van der Waals surface area contributed by atoms with Crippen molar-refractivity contribution in [2.45, 2.75) is 25.7 Å². The zero-order valence-electron chi connectivity index (χ0n) is 13.7. The summed E-state index contributed by atoms with van der Waals surface area (Å²) in [6.45, 7) is 1.46. The molecule has 0 saturated carbocycles. The Morgan fingerprint density at radius 3 is 2.68 bits per heavy atom. The average Bonchev–Trinajstić information content (AvgIpc) is 2.54. The first-order valence-electron chi connectivity index (χ1n) is 7.94. The van der Waals surface area contributed by atoms with Crippen molar-refractivity contribution < 1.29 is 14.3 Å². The number of carbonyl (C=O) groups excluding carboxylic acids is 1. The number of hydrogen-bond donors (Lipinski definition) is 1. The van der Waals surface area contributed by atoms with Crippen LogP contribution in [0.2, 0.25) is 5.02 Å². The van der Waals surface area contributed by atoms with E-state index in [-0.39, 0.29) is 23.5 Å². The number of hydrogen-bond acceptors (Lipinski definition) is 4. The minimum absolute atomic E-state index is 0.0704. The summed E-state index contributed by atoms with van der Waals surface area (Å²) in [5.41, 5.74) is 0.710. The number of ketones is 1. The predicted octanol–water partition coefficient (Wildman–Crippen LogP) is 4.46. The monoisotopic (exact) mass is 356 g/mol. The Kier molecular flexibility index (Phi) is 4.91. The van der Waals surface area contributed by atoms with Crippen molar-refractivity contribution in [3.05, 3.63) is 75.1 Å². The van der Waals surface area contributed by atoms with Gasteiger partial charge in [0.05, 0.1) is 10.9 Å². The summed E-state index contributed by atoms with van der Waals surface area (Å²) in [4.78, 5) is 24.2. The van der Waals surface area contributed by atoms with Gasteiger partial charge in [0.1, 0.15) is 17.1 Å². The molecule has 4 nitrogen and oxygen atoms in total. The molecule has 1 aromatic heterocycles. The number of Topliss-reactive ketones (excluding diaryl/α,β-unsaturated/α-hetero) is 1. The second-order valence-electron chi connectivity index (χ2n) is 6.09. The molecule has 3 aromatic rings. The van der Waals surface area contributed by atoms with E-state index < -0.39 is 11.5 Å². The quantitative estimate of drug-likeness (QED) is 0.685. The second kappa shape index (κ2) is 7.11. The summed E-state index contributed by atoms with van der Waals surface area (Å²) in [6.07, 6.45) is 0.528. The molecule has 128 valence electrons. The van der Waals surface area contributed by atoms with E-state index in [4.69, 9.17) is 16.0 Å². The van der Waals surface area contributed by atoms with Gasteiger partial charge in [0.2, 0.25) is 0 Å². The van der Waals surface area contributed by atoms with E-state index in [1.54, 1.807) is 36.4 Å². The maximum Gasteiger partial charge on any atom is 0.343 e. The van der Waals surface area contributed by atoms with Crippen LogP contribution in [0.1, 0.15) is 30.4 Å². The van der Waals surface area contributed by atoms with Crippen LogP contribution in [0.25, 0.3) is 11.0 Å². The highest BCUT2D eigenvalue weighted by Crippen LogP contribution is 2.34. The van der Waals surface area contributed by atoms with Gasteiger partial charge in [-0.25, -0.2) is 4.79 Å². The molecular weight excluding hydrogens is 340 g/mol. The summed E-state index contributed by atoms with van der Waals surface area (Å²) in [5.74, 6) is -0.684. The smallest absolute Gasteiger partial charge is 0.343 e. The molecule has 0 spiro atoms. The van der Waals surface area contributed by atoms with E-state index in [0.29, 0.717) is 22.4 Å². The SMILES string of the molecule is CC(=O)CC(Cc1cccc(Cl)c1)c1c(O)c2ccccc2oc1=O. The van der Waals surface area contributed by atoms with Gasteiger partial charge in [-0.1, -0.05) is 35.9 Å². The topological polar surface area (TPSA) is 67.5 Å². The third-order valence-electron chi connectivity index (χ3n) is 4.13. The van der Waals surface area contributed by atoms with E-state index in [1.807, 2.05) is 12.1 Å². The zero-order chi connectivity index (χ0) is 18.0. The van der Waals surface area contributed by atoms with E-state index >= 15 is 0 Å². The van der Waals surface area contributed by atoms with Crippen LogP contribution in [-0.4, -0.2) is 10.9 Å². The van der Waals surface area contributed by atoms with Gasteiger partial charge in [-0.05, 0) is 43.2 Å². The number of rotatable bonds is 5. The minimum Gasteiger partial charge on any atom is -0.507 e. The molecule has 0 bridgehead atoms. The summed E-state index contributed by atoms with van der Waals surface area (Å²) < 4.78 is 5.34. The summed E-state index contributed by atoms with van der Waals surface area (Å²) >= 11 is 6.02. The Morgan fingerprint density at radius 2 is 1.96 bits per heavy atom. The maximum absolute atomic E-state index is 12.5. The van der Waals surface area contributed by atoms with Crippen molar-refractivity contribution in [3.8, 4) is 5.75 Å². The Morgan fingerprint density at radius 1 is 1.20 bits per heavy atom. The van der Waals surface area contributed by atoms with Crippen LogP contribution in [0.4, 0.5) is 0 Å². The molecule has 5 heteroatoms.